The number of aliphatic hydroxyl groups excluding tert-OH is 2. The van der Waals surface area contributed by atoms with E-state index in [4.69, 9.17) is 5.73 Å². The molecule has 1 fully saturated rings. The first-order chi connectivity index (χ1) is 17.1. The van der Waals surface area contributed by atoms with E-state index in [2.05, 4.69) is 4.98 Å². The third kappa shape index (κ3) is 3.64. The second-order valence-electron chi connectivity index (χ2n) is 9.21. The predicted octanol–water partition coefficient (Wildman–Crippen LogP) is -1.45. The maximum atomic E-state index is 13.3. The van der Waals surface area contributed by atoms with Crippen molar-refractivity contribution in [3.05, 3.63) is 58.9 Å². The van der Waals surface area contributed by atoms with Crippen LogP contribution >= 0.6 is 11.3 Å². The van der Waals surface area contributed by atoms with E-state index in [-0.39, 0.29) is 36.2 Å². The molecular formula is C24H25N5O6S. The first-order valence-electron chi connectivity index (χ1n) is 11.5. The number of carbonyl (C=O) groups is 3. The van der Waals surface area contributed by atoms with Crippen molar-refractivity contribution in [3.8, 4) is 0 Å². The first kappa shape index (κ1) is 24.3. The van der Waals surface area contributed by atoms with Gasteiger partial charge >= 0.3 is 0 Å². The number of hydrogen-bond donors (Lipinski definition) is 3. The number of aliphatic hydroxyl groups is 2. The number of pyridine rings is 1. The molecule has 3 aromatic rings. The Kier molecular flexibility index (Phi) is 5.99. The summed E-state index contributed by atoms with van der Waals surface area (Å²) in [6, 6.07) is 2.88. The van der Waals surface area contributed by atoms with Gasteiger partial charge in [0.15, 0.2) is 18.9 Å². The van der Waals surface area contributed by atoms with Gasteiger partial charge in [-0.15, -0.1) is 11.3 Å². The summed E-state index contributed by atoms with van der Waals surface area (Å²) in [5.41, 5.74) is 6.30. The number of nitrogens with zero attached hydrogens (tertiary/aromatic N) is 4. The predicted molar refractivity (Wildman–Crippen MR) is 125 cm³/mol. The minimum atomic E-state index is -1.46. The van der Waals surface area contributed by atoms with Crippen molar-refractivity contribution in [2.75, 3.05) is 6.54 Å². The molecule has 188 valence electrons. The van der Waals surface area contributed by atoms with Gasteiger partial charge in [0.25, 0.3) is 0 Å². The molecule has 1 saturated heterocycles. The molecule has 0 aromatic carbocycles. The number of carbonyl (C=O) groups excluding carboxylic acids is 3. The molecule has 0 unspecified atom stereocenters. The van der Waals surface area contributed by atoms with Crippen LogP contribution in [0, 0.1) is 11.8 Å². The number of fused-ring (bicyclic) bond motifs is 2. The van der Waals surface area contributed by atoms with Gasteiger partial charge in [0.2, 0.25) is 11.7 Å². The highest BCUT2D eigenvalue weighted by molar-refractivity contribution is 7.18. The van der Waals surface area contributed by atoms with Gasteiger partial charge in [0.05, 0.1) is 40.2 Å². The standard InChI is InChI=1S/C24H25N5O6S/c1-11-16(20(24(34)35)29-19(11)17(12(2)30)22(29)33)15-9-28-10-26-18(23(28)36-15)21(32)13-4-3-5-27(7-13)8-14(31)6-25/h3-5,7,9-12,14,17,19,30-31H,6,8,25H2,1-2H3/t11-,12+,14+,17+,19+/m0/s1. The summed E-state index contributed by atoms with van der Waals surface area (Å²) in [4.78, 5) is 44.6. The number of hydrogen-bond acceptors (Lipinski definition) is 9. The van der Waals surface area contributed by atoms with Crippen LogP contribution < -0.4 is 15.4 Å². The van der Waals surface area contributed by atoms with Crippen molar-refractivity contribution in [3.63, 3.8) is 0 Å². The number of nitrogens with two attached hydrogens (primary N) is 1. The van der Waals surface area contributed by atoms with E-state index in [1.807, 2.05) is 6.92 Å². The molecule has 11 nitrogen and oxygen atoms in total. The fraction of sp³-hybridized carbons (Fsp3) is 0.375. The summed E-state index contributed by atoms with van der Waals surface area (Å²) in [6.45, 7) is 3.67. The van der Waals surface area contributed by atoms with E-state index in [1.54, 1.807) is 39.7 Å². The van der Waals surface area contributed by atoms with Crippen LogP contribution in [0.4, 0.5) is 0 Å². The van der Waals surface area contributed by atoms with Gasteiger partial charge in [-0.2, -0.15) is 0 Å². The van der Waals surface area contributed by atoms with Gasteiger partial charge in [-0.25, -0.2) is 9.55 Å². The van der Waals surface area contributed by atoms with E-state index in [0.29, 0.717) is 20.8 Å². The van der Waals surface area contributed by atoms with Gasteiger partial charge in [0.1, 0.15) is 23.0 Å². The molecule has 36 heavy (non-hydrogen) atoms. The molecule has 4 N–H and O–H groups in total. The molecular weight excluding hydrogens is 486 g/mol. The molecule has 0 bridgehead atoms. The van der Waals surface area contributed by atoms with Crippen molar-refractivity contribution < 1.29 is 34.3 Å². The van der Waals surface area contributed by atoms with Gasteiger partial charge < -0.3 is 30.7 Å². The van der Waals surface area contributed by atoms with E-state index in [1.165, 1.54) is 29.5 Å². The van der Waals surface area contributed by atoms with E-state index in [9.17, 15) is 29.7 Å². The van der Waals surface area contributed by atoms with E-state index < -0.39 is 36.0 Å². The van der Waals surface area contributed by atoms with Crippen molar-refractivity contribution in [1.82, 2.24) is 14.3 Å². The highest BCUT2D eigenvalue weighted by Gasteiger charge is 2.58. The summed E-state index contributed by atoms with van der Waals surface area (Å²) < 4.78 is 3.33. The molecule has 5 rings (SSSR count). The normalized spacial score (nSPS) is 23.1. The molecule has 3 aromatic heterocycles. The lowest BCUT2D eigenvalue weighted by atomic mass is 9.77. The lowest BCUT2D eigenvalue weighted by Crippen LogP contribution is -2.64. The maximum Gasteiger partial charge on any atom is 0.235 e. The summed E-state index contributed by atoms with van der Waals surface area (Å²) >= 11 is 1.20. The SMILES string of the molecule is C[C@@H](O)[C@H]1C(=O)N2C(C(=O)[O-])=C(c3cn4cnc(C(=O)c5ccc[n+](C[C@H](O)CN)c5)c4s3)[C@H](C)[C@H]12. The Balaban J connectivity index is 1.52. The third-order valence-electron chi connectivity index (χ3n) is 6.87. The van der Waals surface area contributed by atoms with Crippen LogP contribution in [0.25, 0.3) is 10.4 Å². The first-order valence-corrected chi connectivity index (χ1v) is 12.3. The molecule has 1 amide bonds. The van der Waals surface area contributed by atoms with E-state index >= 15 is 0 Å². The van der Waals surface area contributed by atoms with Crippen LogP contribution in [0.5, 0.6) is 0 Å². The Morgan fingerprint density at radius 1 is 1.36 bits per heavy atom. The topological polar surface area (TPSA) is 165 Å². The number of β-lactam (4-membered cyclic amide) rings is 1. The monoisotopic (exact) mass is 511 g/mol. The molecule has 0 radical (unpaired) electrons. The summed E-state index contributed by atoms with van der Waals surface area (Å²) in [5.74, 6) is -3.26. The number of carboxylic acid groups (broad SMARTS) is 1. The number of thiazole rings is 1. The van der Waals surface area contributed by atoms with Gasteiger partial charge in [0, 0.05) is 30.3 Å². The number of imidazole rings is 1. The smallest absolute Gasteiger partial charge is 0.235 e. The van der Waals surface area contributed by atoms with Crippen molar-refractivity contribution >= 4 is 39.4 Å². The van der Waals surface area contributed by atoms with Gasteiger partial charge in [-0.05, 0) is 13.0 Å². The Bertz CT molecular complexity index is 1430. The zero-order chi connectivity index (χ0) is 25.9. The zero-order valence-corrected chi connectivity index (χ0v) is 20.4. The number of aromatic nitrogens is 3. The zero-order valence-electron chi connectivity index (χ0n) is 19.6. The lowest BCUT2D eigenvalue weighted by Gasteiger charge is -2.47. The van der Waals surface area contributed by atoms with Crippen LogP contribution in [-0.4, -0.2) is 67.0 Å². The number of amides is 1. The van der Waals surface area contributed by atoms with Crippen LogP contribution in [-0.2, 0) is 16.1 Å². The van der Waals surface area contributed by atoms with Crippen LogP contribution in [0.1, 0.15) is 34.8 Å². The second-order valence-corrected chi connectivity index (χ2v) is 10.2. The van der Waals surface area contributed by atoms with Crippen LogP contribution in [0.15, 0.2) is 42.7 Å². The van der Waals surface area contributed by atoms with Crippen molar-refractivity contribution in [2.24, 2.45) is 17.6 Å². The fourth-order valence-corrected chi connectivity index (χ4v) is 6.40. The summed E-state index contributed by atoms with van der Waals surface area (Å²) in [5, 5.41) is 31.9. The highest BCUT2D eigenvalue weighted by atomic mass is 32.1. The average Bonchev–Trinajstić information content (AvgIpc) is 3.48. The number of aliphatic carboxylic acids is 1. The molecule has 12 heteroatoms. The Morgan fingerprint density at radius 3 is 2.78 bits per heavy atom. The van der Waals surface area contributed by atoms with Gasteiger partial charge in [-0.3, -0.25) is 14.0 Å². The fourth-order valence-electron chi connectivity index (χ4n) is 5.19. The Hall–Kier alpha value is -3.45. The minimum Gasteiger partial charge on any atom is -0.543 e. The van der Waals surface area contributed by atoms with Crippen molar-refractivity contribution in [2.45, 2.75) is 38.6 Å². The quantitative estimate of drug-likeness (QED) is 0.188. The van der Waals surface area contributed by atoms with Crippen LogP contribution in [0.2, 0.25) is 0 Å². The lowest BCUT2D eigenvalue weighted by molar-refractivity contribution is -0.703. The summed E-state index contributed by atoms with van der Waals surface area (Å²) in [7, 11) is 0. The maximum absolute atomic E-state index is 13.3. The number of carboxylic acids is 1. The second kappa shape index (κ2) is 8.89. The number of ketones is 1. The molecule has 0 saturated carbocycles. The van der Waals surface area contributed by atoms with Crippen LogP contribution in [0.3, 0.4) is 0 Å². The van der Waals surface area contributed by atoms with Gasteiger partial charge in [-0.1, -0.05) is 6.92 Å². The molecule has 5 heterocycles. The number of rotatable bonds is 8. The highest BCUT2D eigenvalue weighted by Crippen LogP contribution is 2.51. The molecule has 2 aliphatic heterocycles. The Morgan fingerprint density at radius 2 is 2.11 bits per heavy atom. The average molecular weight is 512 g/mol. The molecule has 0 spiro atoms. The largest absolute Gasteiger partial charge is 0.543 e. The molecule has 2 aliphatic rings. The summed E-state index contributed by atoms with van der Waals surface area (Å²) in [6.07, 6.45) is 4.86. The third-order valence-corrected chi connectivity index (χ3v) is 8.01. The molecule has 5 atom stereocenters. The van der Waals surface area contributed by atoms with E-state index in [0.717, 1.165) is 0 Å². The molecule has 0 aliphatic carbocycles. The minimum absolute atomic E-state index is 0.0920. The Labute approximate surface area is 209 Å². The van der Waals surface area contributed by atoms with Crippen molar-refractivity contribution in [1.29, 1.82) is 0 Å².